The van der Waals surface area contributed by atoms with Gasteiger partial charge in [-0.2, -0.15) is 11.8 Å². The van der Waals surface area contributed by atoms with Crippen molar-refractivity contribution in [1.29, 1.82) is 0 Å². The van der Waals surface area contributed by atoms with Crippen LogP contribution in [0.25, 0.3) is 0 Å². The van der Waals surface area contributed by atoms with Crippen molar-refractivity contribution in [2.75, 3.05) is 6.26 Å². The second kappa shape index (κ2) is 5.00. The summed E-state index contributed by atoms with van der Waals surface area (Å²) in [4.78, 5) is 17.8. The first-order chi connectivity index (χ1) is 10.1. The minimum Gasteiger partial charge on any atom is -0.317 e. The molecule has 1 amide bonds. The van der Waals surface area contributed by atoms with Gasteiger partial charge in [-0.15, -0.1) is 11.3 Å². The molecule has 0 bridgehead atoms. The largest absolute Gasteiger partial charge is 0.317 e. The van der Waals surface area contributed by atoms with Crippen molar-refractivity contribution in [3.63, 3.8) is 0 Å². The molecule has 21 heavy (non-hydrogen) atoms. The minimum atomic E-state index is -0.208. The number of rotatable bonds is 3. The second-order valence-corrected chi connectivity index (χ2v) is 9.07. The van der Waals surface area contributed by atoms with Crippen LogP contribution in [0.5, 0.6) is 0 Å². The lowest BCUT2D eigenvalue weighted by atomic mass is 10.2. The molecule has 1 N–H and O–H groups in total. The summed E-state index contributed by atoms with van der Waals surface area (Å²) in [6.07, 6.45) is 7.91. The predicted octanol–water partition coefficient (Wildman–Crippen LogP) is 3.30. The SMILES string of the molecule is CSC1CCC(N2C(=O)C3(CC3)NC2c2ccc(C)s2)C1. The van der Waals surface area contributed by atoms with E-state index in [9.17, 15) is 4.79 Å². The van der Waals surface area contributed by atoms with Gasteiger partial charge in [0.25, 0.3) is 0 Å². The average molecular weight is 322 g/mol. The van der Waals surface area contributed by atoms with E-state index in [2.05, 4.69) is 35.5 Å². The molecule has 1 aromatic rings. The molecule has 1 spiro atoms. The lowest BCUT2D eigenvalue weighted by Crippen LogP contribution is -2.39. The van der Waals surface area contributed by atoms with Crippen LogP contribution in [0.15, 0.2) is 12.1 Å². The van der Waals surface area contributed by atoms with Crippen LogP contribution in [0, 0.1) is 6.92 Å². The zero-order valence-electron chi connectivity index (χ0n) is 12.6. The second-order valence-electron chi connectivity index (χ2n) is 6.61. The number of nitrogens with one attached hydrogen (secondary N) is 1. The highest BCUT2D eigenvalue weighted by Gasteiger charge is 2.61. The summed E-state index contributed by atoms with van der Waals surface area (Å²) in [6, 6.07) is 4.79. The molecule has 1 aliphatic heterocycles. The van der Waals surface area contributed by atoms with E-state index in [0.29, 0.717) is 11.9 Å². The molecule has 3 atom stereocenters. The number of hydrogen-bond acceptors (Lipinski definition) is 4. The standard InChI is InChI=1S/C16H22N2OS2/c1-10-3-6-13(21-10)14-17-16(7-8-16)15(19)18(14)11-4-5-12(9-11)20-2/h3,6,11-12,14,17H,4-5,7-9H2,1-2H3. The molecule has 3 nitrogen and oxygen atoms in total. The third-order valence-corrected chi connectivity index (χ3v) is 7.35. The van der Waals surface area contributed by atoms with Gasteiger partial charge in [0.2, 0.25) is 5.91 Å². The number of thioether (sulfide) groups is 1. The van der Waals surface area contributed by atoms with E-state index in [1.807, 2.05) is 23.1 Å². The van der Waals surface area contributed by atoms with Gasteiger partial charge in [-0.25, -0.2) is 0 Å². The number of amides is 1. The molecule has 4 rings (SSSR count). The highest BCUT2D eigenvalue weighted by atomic mass is 32.2. The Morgan fingerprint density at radius 1 is 1.38 bits per heavy atom. The van der Waals surface area contributed by atoms with E-state index < -0.39 is 0 Å². The molecular formula is C16H22N2OS2. The summed E-state index contributed by atoms with van der Waals surface area (Å²) in [5.74, 6) is 0.366. The Kier molecular flexibility index (Phi) is 3.36. The molecule has 0 radical (unpaired) electrons. The van der Waals surface area contributed by atoms with Crippen LogP contribution in [0.1, 0.15) is 48.0 Å². The predicted molar refractivity (Wildman–Crippen MR) is 88.7 cm³/mol. The number of aryl methyl sites for hydroxylation is 1. The van der Waals surface area contributed by atoms with Gasteiger partial charge in [-0.05, 0) is 57.4 Å². The van der Waals surface area contributed by atoms with E-state index in [4.69, 9.17) is 0 Å². The number of carbonyl (C=O) groups is 1. The summed E-state index contributed by atoms with van der Waals surface area (Å²) >= 11 is 3.78. The van der Waals surface area contributed by atoms with Crippen molar-refractivity contribution in [2.45, 2.75) is 62.0 Å². The Morgan fingerprint density at radius 2 is 2.19 bits per heavy atom. The smallest absolute Gasteiger partial charge is 0.244 e. The minimum absolute atomic E-state index is 0.115. The molecule has 3 fully saturated rings. The van der Waals surface area contributed by atoms with E-state index in [1.165, 1.54) is 16.2 Å². The van der Waals surface area contributed by atoms with Gasteiger partial charge in [-0.3, -0.25) is 10.1 Å². The van der Waals surface area contributed by atoms with Crippen LogP contribution in [0.4, 0.5) is 0 Å². The summed E-state index contributed by atoms with van der Waals surface area (Å²) in [6.45, 7) is 2.14. The van der Waals surface area contributed by atoms with Crippen LogP contribution in [-0.2, 0) is 4.79 Å². The maximum atomic E-state index is 12.9. The van der Waals surface area contributed by atoms with Crippen LogP contribution >= 0.6 is 23.1 Å². The topological polar surface area (TPSA) is 32.3 Å². The van der Waals surface area contributed by atoms with Crippen molar-refractivity contribution in [3.05, 3.63) is 21.9 Å². The molecule has 3 unspecified atom stereocenters. The van der Waals surface area contributed by atoms with Gasteiger partial charge in [0.05, 0.1) is 0 Å². The number of thiophene rings is 1. The van der Waals surface area contributed by atoms with Gasteiger partial charge in [0.1, 0.15) is 11.7 Å². The van der Waals surface area contributed by atoms with Gasteiger partial charge in [0, 0.05) is 21.0 Å². The lowest BCUT2D eigenvalue weighted by molar-refractivity contribution is -0.133. The zero-order chi connectivity index (χ0) is 14.6. The van der Waals surface area contributed by atoms with E-state index in [-0.39, 0.29) is 11.7 Å². The molecule has 114 valence electrons. The van der Waals surface area contributed by atoms with Crippen molar-refractivity contribution in [1.82, 2.24) is 10.2 Å². The number of hydrogen-bond donors (Lipinski definition) is 1. The van der Waals surface area contributed by atoms with Crippen molar-refractivity contribution < 1.29 is 4.79 Å². The lowest BCUT2D eigenvalue weighted by Gasteiger charge is -2.29. The quantitative estimate of drug-likeness (QED) is 0.927. The van der Waals surface area contributed by atoms with E-state index in [1.54, 1.807) is 0 Å². The van der Waals surface area contributed by atoms with Crippen LogP contribution in [0.3, 0.4) is 0 Å². The van der Waals surface area contributed by atoms with Crippen molar-refractivity contribution in [3.8, 4) is 0 Å². The Labute approximate surface area is 134 Å². The van der Waals surface area contributed by atoms with Crippen LogP contribution < -0.4 is 5.32 Å². The molecule has 5 heteroatoms. The van der Waals surface area contributed by atoms with Crippen LogP contribution in [-0.4, -0.2) is 33.9 Å². The van der Waals surface area contributed by atoms with E-state index in [0.717, 1.165) is 30.9 Å². The summed E-state index contributed by atoms with van der Waals surface area (Å²) in [5.41, 5.74) is -0.208. The Bertz CT molecular complexity index is 566. The fourth-order valence-electron chi connectivity index (χ4n) is 3.81. The molecule has 1 saturated heterocycles. The summed E-state index contributed by atoms with van der Waals surface area (Å²) < 4.78 is 0. The third kappa shape index (κ3) is 2.25. The number of carbonyl (C=O) groups excluding carboxylic acids is 1. The highest BCUT2D eigenvalue weighted by Crippen LogP contribution is 2.49. The van der Waals surface area contributed by atoms with Crippen molar-refractivity contribution in [2.24, 2.45) is 0 Å². The molecule has 1 aromatic heterocycles. The first-order valence-corrected chi connectivity index (χ1v) is 9.93. The Morgan fingerprint density at radius 3 is 2.76 bits per heavy atom. The summed E-state index contributed by atoms with van der Waals surface area (Å²) in [5, 5.41) is 4.39. The summed E-state index contributed by atoms with van der Waals surface area (Å²) in [7, 11) is 0. The van der Waals surface area contributed by atoms with Crippen LogP contribution in [0.2, 0.25) is 0 Å². The average Bonchev–Trinajstić information content (AvgIpc) is 2.83. The van der Waals surface area contributed by atoms with E-state index >= 15 is 0 Å². The highest BCUT2D eigenvalue weighted by molar-refractivity contribution is 7.99. The molecule has 2 saturated carbocycles. The fourth-order valence-corrected chi connectivity index (χ4v) is 5.52. The fraction of sp³-hybridized carbons (Fsp3) is 0.688. The monoisotopic (exact) mass is 322 g/mol. The first-order valence-electron chi connectivity index (χ1n) is 7.82. The maximum absolute atomic E-state index is 12.9. The molecule has 0 aromatic carbocycles. The number of nitrogens with zero attached hydrogens (tertiary/aromatic N) is 1. The van der Waals surface area contributed by atoms with Gasteiger partial charge in [-0.1, -0.05) is 0 Å². The molecule has 2 heterocycles. The third-order valence-electron chi connectivity index (χ3n) is 5.20. The molecular weight excluding hydrogens is 300 g/mol. The van der Waals surface area contributed by atoms with Gasteiger partial charge >= 0.3 is 0 Å². The maximum Gasteiger partial charge on any atom is 0.244 e. The molecule has 3 aliphatic rings. The van der Waals surface area contributed by atoms with Gasteiger partial charge in [0.15, 0.2) is 0 Å². The van der Waals surface area contributed by atoms with Crippen molar-refractivity contribution >= 4 is 29.0 Å². The molecule has 2 aliphatic carbocycles. The Hall–Kier alpha value is -0.520. The Balaban J connectivity index is 1.63. The van der Waals surface area contributed by atoms with Gasteiger partial charge < -0.3 is 4.90 Å². The first kappa shape index (κ1) is 14.1. The zero-order valence-corrected chi connectivity index (χ0v) is 14.2. The normalized spacial score (nSPS) is 34.1.